The zero-order valence-electron chi connectivity index (χ0n) is 15.6. The van der Waals surface area contributed by atoms with Crippen LogP contribution in [0.3, 0.4) is 0 Å². The lowest BCUT2D eigenvalue weighted by Gasteiger charge is -2.20. The number of rotatable bonds is 5. The molecule has 144 valence electrons. The molecule has 0 saturated carbocycles. The number of hydrogen-bond donors (Lipinski definition) is 3. The molecule has 0 aliphatic rings. The Balaban J connectivity index is 1.79. The molecule has 0 aliphatic heterocycles. The molecule has 28 heavy (non-hydrogen) atoms. The zero-order chi connectivity index (χ0) is 19.8. The first-order valence-electron chi connectivity index (χ1n) is 8.93. The van der Waals surface area contributed by atoms with Crippen LogP contribution in [0.5, 0.6) is 0 Å². The molecule has 0 aliphatic carbocycles. The third-order valence-corrected chi connectivity index (χ3v) is 4.88. The number of nitrogen functional groups attached to an aromatic ring is 1. The van der Waals surface area contributed by atoms with Crippen molar-refractivity contribution < 1.29 is 9.90 Å². The second-order valence-electron chi connectivity index (χ2n) is 6.73. The Morgan fingerprint density at radius 1 is 1.36 bits per heavy atom. The molecule has 0 radical (unpaired) electrons. The van der Waals surface area contributed by atoms with Crippen LogP contribution >= 0.6 is 0 Å². The number of nitrogens with one attached hydrogen (secondary N) is 1. The van der Waals surface area contributed by atoms with Gasteiger partial charge in [-0.25, -0.2) is 4.98 Å². The third kappa shape index (κ3) is 2.95. The molecule has 9 nitrogen and oxygen atoms in total. The van der Waals surface area contributed by atoms with Gasteiger partial charge >= 0.3 is 0 Å². The molecule has 4 rings (SSSR count). The number of aliphatic hydroxyl groups is 1. The molecule has 1 aromatic carbocycles. The summed E-state index contributed by atoms with van der Waals surface area (Å²) in [5, 5.41) is 22.1. The van der Waals surface area contributed by atoms with Crippen LogP contribution in [-0.4, -0.2) is 61.1 Å². The average Bonchev–Trinajstić information content (AvgIpc) is 3.37. The first kappa shape index (κ1) is 17.9. The van der Waals surface area contributed by atoms with E-state index in [4.69, 9.17) is 10.8 Å². The zero-order valence-corrected chi connectivity index (χ0v) is 15.6. The van der Waals surface area contributed by atoms with Crippen LogP contribution in [0.15, 0.2) is 36.7 Å². The molecule has 0 bridgehead atoms. The highest BCUT2D eigenvalue weighted by molar-refractivity contribution is 6.08. The Morgan fingerprint density at radius 3 is 2.89 bits per heavy atom. The van der Waals surface area contributed by atoms with Crippen LogP contribution in [-0.2, 0) is 4.79 Å². The predicted molar refractivity (Wildman–Crippen MR) is 106 cm³/mol. The maximum Gasteiger partial charge on any atom is 0.246 e. The standard InChI is InChI=1S/C19H21N7O2/c1-11(19(28)25(2)7-8-27)26-10-14-17(24-26)13-4-3-12(15-5-6-21-23-15)9-16(13)22-18(14)20/h3-6,9-11,27H,7-8H2,1-2H3,(H2,20,22)(H,21,23). The summed E-state index contributed by atoms with van der Waals surface area (Å²) in [7, 11) is 1.65. The Bertz CT molecular complexity index is 1150. The fourth-order valence-corrected chi connectivity index (χ4v) is 3.27. The Kier molecular flexibility index (Phi) is 4.44. The number of carbonyl (C=O) groups excluding carboxylic acids is 1. The van der Waals surface area contributed by atoms with E-state index in [-0.39, 0.29) is 19.1 Å². The number of anilines is 1. The van der Waals surface area contributed by atoms with Gasteiger partial charge in [-0.2, -0.15) is 10.2 Å². The number of H-pyrrole nitrogens is 1. The Morgan fingerprint density at radius 2 is 2.18 bits per heavy atom. The molecular formula is C19H21N7O2. The molecule has 3 heterocycles. The molecule has 9 heteroatoms. The third-order valence-electron chi connectivity index (χ3n) is 4.88. The SMILES string of the molecule is CC(C(=O)N(C)CCO)n1cc2c(N)nc3cc(-c4ccn[nH]4)ccc3c2n1. The Hall–Kier alpha value is -3.46. The maximum atomic E-state index is 12.5. The summed E-state index contributed by atoms with van der Waals surface area (Å²) in [4.78, 5) is 18.5. The van der Waals surface area contributed by atoms with E-state index in [0.717, 1.165) is 22.2 Å². The smallest absolute Gasteiger partial charge is 0.246 e. The molecule has 1 unspecified atom stereocenters. The summed E-state index contributed by atoms with van der Waals surface area (Å²) < 4.78 is 1.60. The van der Waals surface area contributed by atoms with E-state index in [1.54, 1.807) is 31.0 Å². The van der Waals surface area contributed by atoms with Crippen LogP contribution in [0.1, 0.15) is 13.0 Å². The van der Waals surface area contributed by atoms with Crippen molar-refractivity contribution in [2.75, 3.05) is 25.9 Å². The number of nitrogens with two attached hydrogens (primary N) is 1. The van der Waals surface area contributed by atoms with Crippen LogP contribution in [0, 0.1) is 0 Å². The van der Waals surface area contributed by atoms with Crippen LogP contribution in [0.2, 0.25) is 0 Å². The second kappa shape index (κ2) is 6.93. The molecule has 0 saturated heterocycles. The number of fused-ring (bicyclic) bond motifs is 3. The molecule has 1 amide bonds. The number of carbonyl (C=O) groups is 1. The van der Waals surface area contributed by atoms with Gasteiger partial charge in [-0.3, -0.25) is 14.6 Å². The first-order valence-corrected chi connectivity index (χ1v) is 8.93. The number of aliphatic hydroxyl groups excluding tert-OH is 1. The van der Waals surface area contributed by atoms with Crippen molar-refractivity contribution in [1.29, 1.82) is 0 Å². The minimum Gasteiger partial charge on any atom is -0.395 e. The fraction of sp³-hybridized carbons (Fsp3) is 0.263. The number of likely N-dealkylation sites (N-methyl/N-ethyl adjacent to an activating group) is 1. The van der Waals surface area contributed by atoms with Gasteiger partial charge in [-0.05, 0) is 25.1 Å². The lowest BCUT2D eigenvalue weighted by molar-refractivity contribution is -0.133. The second-order valence-corrected chi connectivity index (χ2v) is 6.73. The van der Waals surface area contributed by atoms with E-state index in [0.29, 0.717) is 16.7 Å². The van der Waals surface area contributed by atoms with E-state index in [1.807, 2.05) is 24.3 Å². The van der Waals surface area contributed by atoms with Crippen molar-refractivity contribution in [3.63, 3.8) is 0 Å². The van der Waals surface area contributed by atoms with Crippen molar-refractivity contribution >= 4 is 33.5 Å². The number of nitrogens with zero attached hydrogens (tertiary/aromatic N) is 5. The summed E-state index contributed by atoms with van der Waals surface area (Å²) in [6.45, 7) is 1.95. The monoisotopic (exact) mass is 379 g/mol. The largest absolute Gasteiger partial charge is 0.395 e. The number of aromatic nitrogens is 5. The van der Waals surface area contributed by atoms with Crippen molar-refractivity contribution in [1.82, 2.24) is 29.9 Å². The highest BCUT2D eigenvalue weighted by Crippen LogP contribution is 2.30. The van der Waals surface area contributed by atoms with Gasteiger partial charge in [0.25, 0.3) is 0 Å². The van der Waals surface area contributed by atoms with Crippen molar-refractivity contribution in [3.05, 3.63) is 36.7 Å². The number of hydrogen-bond acceptors (Lipinski definition) is 6. The van der Waals surface area contributed by atoms with Crippen LogP contribution in [0.4, 0.5) is 5.82 Å². The van der Waals surface area contributed by atoms with Crippen LogP contribution < -0.4 is 5.73 Å². The maximum absolute atomic E-state index is 12.5. The summed E-state index contributed by atoms with van der Waals surface area (Å²) >= 11 is 0. The van der Waals surface area contributed by atoms with E-state index in [9.17, 15) is 4.79 Å². The number of benzene rings is 1. The Labute approximate surface area is 160 Å². The molecule has 0 fully saturated rings. The van der Waals surface area contributed by atoms with E-state index in [2.05, 4.69) is 20.3 Å². The highest BCUT2D eigenvalue weighted by atomic mass is 16.3. The summed E-state index contributed by atoms with van der Waals surface area (Å²) in [5.41, 5.74) is 9.43. The first-order chi connectivity index (χ1) is 13.5. The fourth-order valence-electron chi connectivity index (χ4n) is 3.27. The molecule has 4 aromatic rings. The van der Waals surface area contributed by atoms with Gasteiger partial charge in [-0.1, -0.05) is 6.07 Å². The minimum atomic E-state index is -0.525. The summed E-state index contributed by atoms with van der Waals surface area (Å²) in [5.74, 6) is 0.220. The molecule has 1 atom stereocenters. The average molecular weight is 379 g/mol. The lowest BCUT2D eigenvalue weighted by Crippen LogP contribution is -2.35. The van der Waals surface area contributed by atoms with Gasteiger partial charge in [0, 0.05) is 36.9 Å². The van der Waals surface area contributed by atoms with Crippen molar-refractivity contribution in [2.24, 2.45) is 0 Å². The van der Waals surface area contributed by atoms with Gasteiger partial charge in [-0.15, -0.1) is 0 Å². The minimum absolute atomic E-state index is 0.0871. The lowest BCUT2D eigenvalue weighted by atomic mass is 10.1. The quantitative estimate of drug-likeness (QED) is 0.483. The summed E-state index contributed by atoms with van der Waals surface area (Å²) in [6.07, 6.45) is 3.44. The molecule has 3 aromatic heterocycles. The van der Waals surface area contributed by atoms with Gasteiger partial charge in [0.15, 0.2) is 0 Å². The van der Waals surface area contributed by atoms with E-state index < -0.39 is 6.04 Å². The number of pyridine rings is 1. The highest BCUT2D eigenvalue weighted by Gasteiger charge is 2.21. The topological polar surface area (TPSA) is 126 Å². The summed E-state index contributed by atoms with van der Waals surface area (Å²) in [6, 6.07) is 7.20. The van der Waals surface area contributed by atoms with E-state index in [1.165, 1.54) is 4.90 Å². The number of amides is 1. The van der Waals surface area contributed by atoms with Crippen molar-refractivity contribution in [3.8, 4) is 11.3 Å². The number of aromatic amines is 1. The predicted octanol–water partition coefficient (Wildman–Crippen LogP) is 1.57. The molecule has 4 N–H and O–H groups in total. The van der Waals surface area contributed by atoms with Gasteiger partial charge in [0.1, 0.15) is 17.4 Å². The van der Waals surface area contributed by atoms with Gasteiger partial charge in [0.2, 0.25) is 5.91 Å². The molecular weight excluding hydrogens is 358 g/mol. The molecule has 0 spiro atoms. The van der Waals surface area contributed by atoms with Crippen molar-refractivity contribution in [2.45, 2.75) is 13.0 Å². The van der Waals surface area contributed by atoms with E-state index >= 15 is 0 Å². The van der Waals surface area contributed by atoms with Gasteiger partial charge in [0.05, 0.1) is 23.2 Å². The normalized spacial score (nSPS) is 12.5. The van der Waals surface area contributed by atoms with Crippen LogP contribution in [0.25, 0.3) is 33.1 Å². The van der Waals surface area contributed by atoms with Gasteiger partial charge < -0.3 is 15.7 Å².